The Hall–Kier alpha value is 0.140. The number of hydrogen-bond donors (Lipinski definition) is 1. The van der Waals surface area contributed by atoms with Crippen LogP contribution in [0.25, 0.3) is 0 Å². The van der Waals surface area contributed by atoms with Crippen molar-refractivity contribution in [2.45, 2.75) is 19.4 Å². The highest BCUT2D eigenvalue weighted by Crippen LogP contribution is 2.14. The normalized spacial score (nSPS) is 12.2. The van der Waals surface area contributed by atoms with Crippen molar-refractivity contribution in [3.8, 4) is 0 Å². The van der Waals surface area contributed by atoms with Crippen LogP contribution in [0.4, 0.5) is 0 Å². The zero-order chi connectivity index (χ0) is 9.07. The third kappa shape index (κ3) is 3.89. The van der Waals surface area contributed by atoms with Crippen LogP contribution in [0, 0.1) is 0 Å². The molecule has 0 amide bonds. The molecule has 0 saturated heterocycles. The summed E-state index contributed by atoms with van der Waals surface area (Å²) in [7, 11) is 1.96. The van der Waals surface area contributed by atoms with Crippen LogP contribution in [-0.2, 0) is 0 Å². The van der Waals surface area contributed by atoms with Crippen LogP contribution in [0.2, 0.25) is 0 Å². The Balaban J connectivity index is 4.01. The lowest BCUT2D eigenvalue weighted by atomic mass is 10.1. The van der Waals surface area contributed by atoms with Crippen LogP contribution in [0.5, 0.6) is 0 Å². The molecule has 0 aliphatic rings. The highest BCUT2D eigenvalue weighted by Gasteiger charge is 2.21. The molecule has 1 N–H and O–H groups in total. The van der Waals surface area contributed by atoms with Gasteiger partial charge in [0, 0.05) is 16.6 Å². The van der Waals surface area contributed by atoms with E-state index < -0.39 is 0 Å². The molecule has 0 saturated carbocycles. The second-order valence-electron chi connectivity index (χ2n) is 3.34. The van der Waals surface area contributed by atoms with Gasteiger partial charge in [-0.2, -0.15) is 0 Å². The third-order valence-electron chi connectivity index (χ3n) is 1.83. The summed E-state index contributed by atoms with van der Waals surface area (Å²) in [5.41, 5.74) is -0.170. The van der Waals surface area contributed by atoms with Crippen LogP contribution >= 0.6 is 15.9 Å². The minimum atomic E-state index is -0.170. The molecule has 0 aliphatic carbocycles. The minimum Gasteiger partial charge on any atom is -0.394 e. The lowest BCUT2D eigenvalue weighted by Gasteiger charge is -2.33. The first-order chi connectivity index (χ1) is 4.90. The van der Waals surface area contributed by atoms with Gasteiger partial charge in [-0.15, -0.1) is 0 Å². The summed E-state index contributed by atoms with van der Waals surface area (Å²) < 4.78 is 0.932. The van der Waals surface area contributed by atoms with Crippen molar-refractivity contribution in [2.24, 2.45) is 0 Å². The maximum Gasteiger partial charge on any atom is 0.0610 e. The average Bonchev–Trinajstić information content (AvgIpc) is 1.86. The average molecular weight is 222 g/mol. The first-order valence-electron chi connectivity index (χ1n) is 3.55. The molecule has 2 nitrogen and oxygen atoms in total. The Morgan fingerprint density at radius 1 is 1.64 bits per heavy atom. The summed E-state index contributed by atoms with van der Waals surface area (Å²) in [5.74, 6) is 0. The Labute approximate surface area is 77.0 Å². The summed E-state index contributed by atoms with van der Waals surface area (Å²) in [6, 6.07) is 0. The van der Waals surface area contributed by atoms with Gasteiger partial charge in [-0.25, -0.2) is 0 Å². The van der Waals surface area contributed by atoms with E-state index in [-0.39, 0.29) is 12.1 Å². The molecule has 0 unspecified atom stereocenters. The summed E-state index contributed by atoms with van der Waals surface area (Å²) in [6.07, 6.45) is 0. The maximum absolute atomic E-state index is 8.99. The van der Waals surface area contributed by atoms with Crippen molar-refractivity contribution in [3.63, 3.8) is 0 Å². The molecule has 0 atom stereocenters. The molecular formula is C8H16BrNO. The van der Waals surface area contributed by atoms with Crippen LogP contribution in [0.15, 0.2) is 11.1 Å². The fraction of sp³-hybridized carbons (Fsp3) is 0.750. The third-order valence-corrected chi connectivity index (χ3v) is 2.08. The zero-order valence-electron chi connectivity index (χ0n) is 7.39. The van der Waals surface area contributed by atoms with Crippen molar-refractivity contribution in [1.82, 2.24) is 4.90 Å². The quantitative estimate of drug-likeness (QED) is 0.780. The topological polar surface area (TPSA) is 23.5 Å². The van der Waals surface area contributed by atoms with Gasteiger partial charge >= 0.3 is 0 Å². The Bertz CT molecular complexity index is 145. The molecule has 11 heavy (non-hydrogen) atoms. The number of aliphatic hydroxyl groups is 1. The van der Waals surface area contributed by atoms with Crippen LogP contribution < -0.4 is 0 Å². The fourth-order valence-electron chi connectivity index (χ4n) is 0.592. The standard InChI is InChI=1S/C8H16BrNO/c1-7(9)5-10(4)8(2,3)6-11/h11H,1,5-6H2,2-4H3. The molecule has 0 fully saturated rings. The smallest absolute Gasteiger partial charge is 0.0610 e. The Morgan fingerprint density at radius 3 is 2.36 bits per heavy atom. The van der Waals surface area contributed by atoms with E-state index in [9.17, 15) is 0 Å². The van der Waals surface area contributed by atoms with Gasteiger partial charge in [-0.1, -0.05) is 22.5 Å². The first-order valence-corrected chi connectivity index (χ1v) is 4.35. The van der Waals surface area contributed by atoms with Crippen LogP contribution in [0.1, 0.15) is 13.8 Å². The van der Waals surface area contributed by atoms with E-state index in [4.69, 9.17) is 5.11 Å². The van der Waals surface area contributed by atoms with E-state index in [1.54, 1.807) is 0 Å². The molecule has 66 valence electrons. The summed E-state index contributed by atoms with van der Waals surface area (Å²) in [4.78, 5) is 2.05. The fourth-order valence-corrected chi connectivity index (χ4v) is 0.968. The van der Waals surface area contributed by atoms with Gasteiger partial charge in [0.1, 0.15) is 0 Å². The van der Waals surface area contributed by atoms with E-state index in [2.05, 4.69) is 22.5 Å². The summed E-state index contributed by atoms with van der Waals surface area (Å²) >= 11 is 3.28. The molecule has 0 aromatic carbocycles. The lowest BCUT2D eigenvalue weighted by molar-refractivity contribution is 0.0882. The molecule has 3 heteroatoms. The summed E-state index contributed by atoms with van der Waals surface area (Å²) in [5, 5.41) is 8.99. The largest absolute Gasteiger partial charge is 0.394 e. The number of halogens is 1. The molecule has 0 spiro atoms. The lowest BCUT2D eigenvalue weighted by Crippen LogP contribution is -2.44. The Morgan fingerprint density at radius 2 is 2.09 bits per heavy atom. The number of rotatable bonds is 4. The molecule has 0 aliphatic heterocycles. The minimum absolute atomic E-state index is 0.157. The van der Waals surface area contributed by atoms with E-state index in [1.807, 2.05) is 25.8 Å². The van der Waals surface area contributed by atoms with Gasteiger partial charge in [0.2, 0.25) is 0 Å². The molecular weight excluding hydrogens is 206 g/mol. The monoisotopic (exact) mass is 221 g/mol. The number of hydrogen-bond acceptors (Lipinski definition) is 2. The Kier molecular flexibility index (Phi) is 4.29. The highest BCUT2D eigenvalue weighted by atomic mass is 79.9. The van der Waals surface area contributed by atoms with Gasteiger partial charge in [-0.05, 0) is 20.9 Å². The van der Waals surface area contributed by atoms with Crippen molar-refractivity contribution < 1.29 is 5.11 Å². The highest BCUT2D eigenvalue weighted by molar-refractivity contribution is 9.11. The van der Waals surface area contributed by atoms with Crippen LogP contribution in [0.3, 0.4) is 0 Å². The number of aliphatic hydroxyl groups excluding tert-OH is 1. The van der Waals surface area contributed by atoms with Crippen LogP contribution in [-0.4, -0.2) is 35.7 Å². The second kappa shape index (κ2) is 4.24. The number of likely N-dealkylation sites (N-methyl/N-ethyl adjacent to an activating group) is 1. The van der Waals surface area contributed by atoms with Crippen molar-refractivity contribution >= 4 is 15.9 Å². The van der Waals surface area contributed by atoms with Crippen molar-refractivity contribution in [2.75, 3.05) is 20.2 Å². The van der Waals surface area contributed by atoms with Gasteiger partial charge < -0.3 is 5.11 Å². The molecule has 0 heterocycles. The van der Waals surface area contributed by atoms with E-state index >= 15 is 0 Å². The molecule has 0 rings (SSSR count). The summed E-state index contributed by atoms with van der Waals surface area (Å²) in [6.45, 7) is 8.63. The van der Waals surface area contributed by atoms with Gasteiger partial charge in [0.15, 0.2) is 0 Å². The van der Waals surface area contributed by atoms with E-state index in [0.29, 0.717) is 0 Å². The molecule has 0 aromatic heterocycles. The van der Waals surface area contributed by atoms with Gasteiger partial charge in [0.05, 0.1) is 6.61 Å². The van der Waals surface area contributed by atoms with E-state index in [0.717, 1.165) is 11.0 Å². The maximum atomic E-state index is 8.99. The molecule has 0 radical (unpaired) electrons. The van der Waals surface area contributed by atoms with Gasteiger partial charge in [0.25, 0.3) is 0 Å². The predicted molar refractivity (Wildman–Crippen MR) is 51.9 cm³/mol. The predicted octanol–water partition coefficient (Wildman–Crippen LogP) is 1.60. The molecule has 0 aromatic rings. The van der Waals surface area contributed by atoms with Gasteiger partial charge in [-0.3, -0.25) is 4.90 Å². The van der Waals surface area contributed by atoms with Crippen molar-refractivity contribution in [1.29, 1.82) is 0 Å². The van der Waals surface area contributed by atoms with Crippen molar-refractivity contribution in [3.05, 3.63) is 11.1 Å². The number of nitrogens with zero attached hydrogens (tertiary/aromatic N) is 1. The SMILES string of the molecule is C=C(Br)CN(C)C(C)(C)CO. The second-order valence-corrected chi connectivity index (χ2v) is 4.47. The molecule has 0 bridgehead atoms. The first kappa shape index (κ1) is 11.1. The zero-order valence-corrected chi connectivity index (χ0v) is 8.98. The van der Waals surface area contributed by atoms with E-state index in [1.165, 1.54) is 0 Å².